The molecule has 1 saturated heterocycles. The highest BCUT2D eigenvalue weighted by molar-refractivity contribution is 5.88. The van der Waals surface area contributed by atoms with Crippen molar-refractivity contribution in [3.63, 3.8) is 0 Å². The minimum Gasteiger partial charge on any atom is -0.366 e. The lowest BCUT2D eigenvalue weighted by Gasteiger charge is -2.19. The molecule has 1 aliphatic heterocycles. The van der Waals surface area contributed by atoms with Gasteiger partial charge in [0, 0.05) is 56.6 Å². The van der Waals surface area contributed by atoms with Crippen molar-refractivity contribution in [2.45, 2.75) is 39.3 Å². The van der Waals surface area contributed by atoms with Crippen molar-refractivity contribution >= 4 is 17.4 Å². The maximum Gasteiger partial charge on any atom is 0.221 e. The van der Waals surface area contributed by atoms with Gasteiger partial charge in [0.15, 0.2) is 0 Å². The van der Waals surface area contributed by atoms with Crippen LogP contribution in [0.25, 0.3) is 11.3 Å². The van der Waals surface area contributed by atoms with E-state index in [-0.39, 0.29) is 5.91 Å². The van der Waals surface area contributed by atoms with Crippen molar-refractivity contribution in [3.8, 4) is 11.3 Å². The number of amides is 1. The minimum absolute atomic E-state index is 0.0787. The van der Waals surface area contributed by atoms with E-state index in [0.29, 0.717) is 6.04 Å². The van der Waals surface area contributed by atoms with Crippen molar-refractivity contribution in [2.75, 3.05) is 23.7 Å². The fourth-order valence-corrected chi connectivity index (χ4v) is 5.29. The van der Waals surface area contributed by atoms with Crippen LogP contribution < -0.4 is 10.6 Å². The smallest absolute Gasteiger partial charge is 0.221 e. The number of anilines is 2. The molecular weight excluding hydrogens is 414 g/mol. The van der Waals surface area contributed by atoms with Gasteiger partial charge in [-0.3, -0.25) is 14.4 Å². The molecule has 2 aromatic heterocycles. The molecule has 8 heteroatoms. The third-order valence-corrected chi connectivity index (χ3v) is 6.89. The predicted molar refractivity (Wildman–Crippen MR) is 129 cm³/mol. The highest BCUT2D eigenvalue weighted by Gasteiger charge is 2.41. The van der Waals surface area contributed by atoms with Gasteiger partial charge in [-0.25, -0.2) is 0 Å². The third kappa shape index (κ3) is 4.90. The summed E-state index contributed by atoms with van der Waals surface area (Å²) in [5.41, 5.74) is 4.95. The zero-order valence-electron chi connectivity index (χ0n) is 19.5. The molecule has 1 amide bonds. The van der Waals surface area contributed by atoms with Crippen molar-refractivity contribution in [3.05, 3.63) is 53.9 Å². The van der Waals surface area contributed by atoms with Crippen molar-refractivity contribution in [1.82, 2.24) is 24.9 Å². The quantitative estimate of drug-likeness (QED) is 0.604. The van der Waals surface area contributed by atoms with Crippen LogP contribution in [0.2, 0.25) is 0 Å². The van der Waals surface area contributed by atoms with E-state index in [1.807, 2.05) is 48.1 Å². The van der Waals surface area contributed by atoms with Crippen LogP contribution in [-0.2, 0) is 18.4 Å². The molecule has 3 heterocycles. The second-order valence-corrected chi connectivity index (χ2v) is 9.49. The molecule has 0 spiro atoms. The van der Waals surface area contributed by atoms with E-state index in [9.17, 15) is 4.79 Å². The zero-order chi connectivity index (χ0) is 22.9. The van der Waals surface area contributed by atoms with Crippen LogP contribution in [0.4, 0.5) is 11.5 Å². The first-order valence-corrected chi connectivity index (χ1v) is 11.6. The van der Waals surface area contributed by atoms with E-state index in [1.54, 1.807) is 0 Å². The van der Waals surface area contributed by atoms with Crippen LogP contribution in [0.1, 0.15) is 31.2 Å². The Morgan fingerprint density at radius 1 is 1.06 bits per heavy atom. The molecule has 2 N–H and O–H groups in total. The van der Waals surface area contributed by atoms with Crippen molar-refractivity contribution < 1.29 is 4.79 Å². The van der Waals surface area contributed by atoms with Gasteiger partial charge in [-0.2, -0.15) is 5.10 Å². The van der Waals surface area contributed by atoms with Crippen LogP contribution in [0, 0.1) is 18.8 Å². The van der Waals surface area contributed by atoms with Gasteiger partial charge in [-0.05, 0) is 61.9 Å². The fourth-order valence-electron chi connectivity index (χ4n) is 5.29. The lowest BCUT2D eigenvalue weighted by atomic mass is 10.0. The van der Waals surface area contributed by atoms with Crippen LogP contribution in [0.3, 0.4) is 0 Å². The molecule has 5 rings (SSSR count). The maximum atomic E-state index is 11.2. The van der Waals surface area contributed by atoms with E-state index in [0.717, 1.165) is 54.2 Å². The van der Waals surface area contributed by atoms with Gasteiger partial charge in [0.05, 0.1) is 11.4 Å². The number of rotatable bonds is 6. The van der Waals surface area contributed by atoms with E-state index in [2.05, 4.69) is 43.8 Å². The Kier molecular flexibility index (Phi) is 5.85. The van der Waals surface area contributed by atoms with E-state index >= 15 is 0 Å². The fraction of sp³-hybridized carbons (Fsp3) is 0.440. The molecule has 1 saturated carbocycles. The highest BCUT2D eigenvalue weighted by Crippen LogP contribution is 2.39. The third-order valence-electron chi connectivity index (χ3n) is 6.89. The second-order valence-electron chi connectivity index (χ2n) is 9.49. The summed E-state index contributed by atoms with van der Waals surface area (Å²) in [6.45, 7) is 6.85. The molecule has 2 fully saturated rings. The Morgan fingerprint density at radius 2 is 1.79 bits per heavy atom. The zero-order valence-corrected chi connectivity index (χ0v) is 19.5. The van der Waals surface area contributed by atoms with Crippen LogP contribution in [-0.4, -0.2) is 49.9 Å². The largest absolute Gasteiger partial charge is 0.366 e. The van der Waals surface area contributed by atoms with Crippen molar-refractivity contribution in [2.24, 2.45) is 18.9 Å². The van der Waals surface area contributed by atoms with Gasteiger partial charge < -0.3 is 10.6 Å². The molecule has 0 radical (unpaired) electrons. The number of aromatic nitrogens is 4. The minimum atomic E-state index is -0.0787. The van der Waals surface area contributed by atoms with Gasteiger partial charge in [0.25, 0.3) is 0 Å². The van der Waals surface area contributed by atoms with E-state index in [4.69, 9.17) is 0 Å². The number of aryl methyl sites for hydroxylation is 2. The lowest BCUT2D eigenvalue weighted by molar-refractivity contribution is -0.114. The molecule has 0 bridgehead atoms. The molecule has 1 aliphatic carbocycles. The first-order chi connectivity index (χ1) is 15.9. The summed E-state index contributed by atoms with van der Waals surface area (Å²) in [6, 6.07) is 14.3. The summed E-state index contributed by atoms with van der Waals surface area (Å²) < 4.78 is 1.96. The summed E-state index contributed by atoms with van der Waals surface area (Å²) in [4.78, 5) is 13.7. The first kappa shape index (κ1) is 21.6. The van der Waals surface area contributed by atoms with Crippen LogP contribution >= 0.6 is 0 Å². The number of nitrogens with zero attached hydrogens (tertiary/aromatic N) is 5. The molecule has 172 valence electrons. The Morgan fingerprint density at radius 3 is 2.36 bits per heavy atom. The SMILES string of the molecule is CC(=O)Nc1ccc(-c2ccc(NC3C[C@@H]4CN(Cc5cc(C)n(C)n5)C[C@@H]4C3)nn2)cc1. The summed E-state index contributed by atoms with van der Waals surface area (Å²) in [7, 11) is 2.01. The average Bonchev–Trinajstić information content (AvgIpc) is 3.42. The highest BCUT2D eigenvalue weighted by atomic mass is 16.1. The molecule has 33 heavy (non-hydrogen) atoms. The number of carbonyl (C=O) groups excluding carboxylic acids is 1. The summed E-state index contributed by atoms with van der Waals surface area (Å²) in [5, 5.41) is 19.8. The molecule has 1 aromatic carbocycles. The number of carbonyl (C=O) groups is 1. The predicted octanol–water partition coefficient (Wildman–Crippen LogP) is 3.47. The number of benzene rings is 1. The Bertz CT molecular complexity index is 1090. The van der Waals surface area contributed by atoms with Gasteiger partial charge >= 0.3 is 0 Å². The molecule has 3 atom stereocenters. The number of hydrogen-bond donors (Lipinski definition) is 2. The van der Waals surface area contributed by atoms with Gasteiger partial charge in [-0.15, -0.1) is 10.2 Å². The monoisotopic (exact) mass is 445 g/mol. The number of hydrogen-bond acceptors (Lipinski definition) is 6. The second kappa shape index (κ2) is 8.94. The summed E-state index contributed by atoms with van der Waals surface area (Å²) >= 11 is 0. The lowest BCUT2D eigenvalue weighted by Crippen LogP contribution is -2.25. The molecule has 1 unspecified atom stereocenters. The van der Waals surface area contributed by atoms with Gasteiger partial charge in [0.2, 0.25) is 5.91 Å². The first-order valence-electron chi connectivity index (χ1n) is 11.6. The Balaban J connectivity index is 1.13. The topological polar surface area (TPSA) is 88.0 Å². The number of nitrogens with one attached hydrogen (secondary N) is 2. The molecule has 8 nitrogen and oxygen atoms in total. The number of fused-ring (bicyclic) bond motifs is 1. The molecule has 2 aliphatic rings. The Labute approximate surface area is 194 Å². The summed E-state index contributed by atoms with van der Waals surface area (Å²) in [5.74, 6) is 2.23. The van der Waals surface area contributed by atoms with Crippen LogP contribution in [0.5, 0.6) is 0 Å². The van der Waals surface area contributed by atoms with Gasteiger partial charge in [0.1, 0.15) is 5.82 Å². The molecular formula is C25H31N7O. The van der Waals surface area contributed by atoms with Crippen LogP contribution in [0.15, 0.2) is 42.5 Å². The number of likely N-dealkylation sites (tertiary alicyclic amines) is 1. The Hall–Kier alpha value is -3.26. The van der Waals surface area contributed by atoms with E-state index in [1.165, 1.54) is 31.2 Å². The maximum absolute atomic E-state index is 11.2. The molecule has 3 aromatic rings. The standard InChI is InChI=1S/C25H31N7O/c1-16-10-23(30-31(16)3)15-32-13-19-11-22(12-20(19)14-32)27-25-9-8-24(28-29-25)18-4-6-21(7-5-18)26-17(2)33/h4-10,19-20,22H,11-15H2,1-3H3,(H,26,33)(H,27,29)/t19-,20+,22?. The van der Waals surface area contributed by atoms with Crippen molar-refractivity contribution in [1.29, 1.82) is 0 Å². The van der Waals surface area contributed by atoms with E-state index < -0.39 is 0 Å². The average molecular weight is 446 g/mol. The normalized spacial score (nSPS) is 22.3. The summed E-state index contributed by atoms with van der Waals surface area (Å²) in [6.07, 6.45) is 2.35. The van der Waals surface area contributed by atoms with Gasteiger partial charge in [-0.1, -0.05) is 12.1 Å².